The topological polar surface area (TPSA) is 49.8 Å². The van der Waals surface area contributed by atoms with Crippen molar-refractivity contribution >= 4 is 5.78 Å². The zero-order valence-electron chi connectivity index (χ0n) is 11.9. The van der Waals surface area contributed by atoms with E-state index in [1.54, 1.807) is 0 Å². The van der Waals surface area contributed by atoms with Crippen molar-refractivity contribution in [1.82, 2.24) is 4.90 Å². The number of ketones is 1. The van der Waals surface area contributed by atoms with E-state index < -0.39 is 11.2 Å². The van der Waals surface area contributed by atoms with Crippen molar-refractivity contribution in [3.8, 4) is 0 Å². The molecule has 1 N–H and O–H groups in total. The molecule has 0 amide bonds. The number of carbonyl (C=O) groups excluding carboxylic acids is 1. The van der Waals surface area contributed by atoms with Crippen molar-refractivity contribution in [2.45, 2.75) is 57.8 Å². The van der Waals surface area contributed by atoms with Crippen molar-refractivity contribution in [3.63, 3.8) is 0 Å². The molecule has 0 radical (unpaired) electrons. The molecule has 18 heavy (non-hydrogen) atoms. The molecule has 1 atom stereocenters. The molecule has 1 aliphatic carbocycles. The highest BCUT2D eigenvalue weighted by atomic mass is 16.5. The van der Waals surface area contributed by atoms with E-state index in [9.17, 15) is 4.79 Å². The minimum Gasteiger partial charge on any atom is -0.395 e. The van der Waals surface area contributed by atoms with Gasteiger partial charge in [-0.3, -0.25) is 9.69 Å². The Morgan fingerprint density at radius 3 is 2.33 bits per heavy atom. The maximum absolute atomic E-state index is 12.4. The van der Waals surface area contributed by atoms with E-state index in [0.717, 1.165) is 0 Å². The third-order valence-corrected chi connectivity index (χ3v) is 4.13. The van der Waals surface area contributed by atoms with Crippen molar-refractivity contribution in [2.75, 3.05) is 19.7 Å². The van der Waals surface area contributed by atoms with Crippen LogP contribution in [0.4, 0.5) is 0 Å². The molecule has 0 aromatic carbocycles. The zero-order valence-corrected chi connectivity index (χ0v) is 11.9. The van der Waals surface area contributed by atoms with Crippen LogP contribution in [0, 0.1) is 5.92 Å². The Morgan fingerprint density at radius 2 is 1.94 bits per heavy atom. The van der Waals surface area contributed by atoms with Crippen LogP contribution in [0.15, 0.2) is 0 Å². The fourth-order valence-electron chi connectivity index (χ4n) is 3.04. The second kappa shape index (κ2) is 4.58. The van der Waals surface area contributed by atoms with Crippen LogP contribution in [-0.2, 0) is 9.53 Å². The van der Waals surface area contributed by atoms with Crippen molar-refractivity contribution in [3.05, 3.63) is 0 Å². The Balaban J connectivity index is 2.09. The molecule has 0 aromatic heterocycles. The molecule has 0 aromatic rings. The average molecular weight is 255 g/mol. The number of ether oxygens (including phenoxy) is 1. The largest absolute Gasteiger partial charge is 0.395 e. The summed E-state index contributed by atoms with van der Waals surface area (Å²) in [5, 5.41) is 9.13. The van der Waals surface area contributed by atoms with E-state index in [-0.39, 0.29) is 18.3 Å². The highest BCUT2D eigenvalue weighted by molar-refractivity contribution is 5.91. The van der Waals surface area contributed by atoms with Crippen LogP contribution < -0.4 is 0 Å². The molecule has 2 rings (SSSR count). The van der Waals surface area contributed by atoms with Crippen molar-refractivity contribution < 1.29 is 14.6 Å². The Labute approximate surface area is 109 Å². The number of hydrogen-bond acceptors (Lipinski definition) is 4. The monoisotopic (exact) mass is 255 g/mol. The number of nitrogens with zero attached hydrogens (tertiary/aromatic N) is 1. The summed E-state index contributed by atoms with van der Waals surface area (Å²) in [4.78, 5) is 14.7. The number of carbonyl (C=O) groups is 1. The molecule has 2 aliphatic rings. The van der Waals surface area contributed by atoms with Gasteiger partial charge in [0.15, 0.2) is 5.78 Å². The van der Waals surface area contributed by atoms with Crippen LogP contribution >= 0.6 is 0 Å². The number of aliphatic hydroxyl groups excluding tert-OH is 1. The lowest BCUT2D eigenvalue weighted by Gasteiger charge is -2.30. The maximum Gasteiger partial charge on any atom is 0.171 e. The lowest BCUT2D eigenvalue weighted by atomic mass is 9.85. The molecule has 4 nitrogen and oxygen atoms in total. The summed E-state index contributed by atoms with van der Waals surface area (Å²) in [6.07, 6.45) is 2.37. The van der Waals surface area contributed by atoms with Gasteiger partial charge < -0.3 is 9.84 Å². The minimum atomic E-state index is -0.678. The van der Waals surface area contributed by atoms with E-state index in [1.807, 2.05) is 27.7 Å². The molecular formula is C14H25NO3. The predicted octanol–water partition coefficient (Wildman–Crippen LogP) is 1.22. The first-order valence-corrected chi connectivity index (χ1v) is 6.87. The smallest absolute Gasteiger partial charge is 0.171 e. The van der Waals surface area contributed by atoms with Gasteiger partial charge >= 0.3 is 0 Å². The van der Waals surface area contributed by atoms with E-state index in [1.165, 1.54) is 12.8 Å². The maximum atomic E-state index is 12.4. The lowest BCUT2D eigenvalue weighted by molar-refractivity contribution is -0.132. The molecule has 1 aliphatic heterocycles. The highest BCUT2D eigenvalue weighted by Gasteiger charge is 2.54. The molecule has 0 bridgehead atoms. The lowest BCUT2D eigenvalue weighted by Crippen LogP contribution is -2.43. The molecule has 0 spiro atoms. The number of hydrogen-bond donors (Lipinski definition) is 1. The quantitative estimate of drug-likeness (QED) is 0.802. The fourth-order valence-corrected chi connectivity index (χ4v) is 3.04. The first kappa shape index (κ1) is 14.0. The molecule has 104 valence electrons. The van der Waals surface area contributed by atoms with Gasteiger partial charge in [-0.25, -0.2) is 0 Å². The summed E-state index contributed by atoms with van der Waals surface area (Å²) in [6.45, 7) is 9.21. The zero-order chi connectivity index (χ0) is 13.6. The van der Waals surface area contributed by atoms with Gasteiger partial charge in [-0.2, -0.15) is 0 Å². The number of Topliss-reactive ketones (excluding diaryl/α,β-unsaturated/α-hetero) is 1. The molecule has 4 heteroatoms. The Morgan fingerprint density at radius 1 is 1.33 bits per heavy atom. The average Bonchev–Trinajstić information content (AvgIpc) is 3.02. The van der Waals surface area contributed by atoms with Crippen molar-refractivity contribution in [2.24, 2.45) is 5.92 Å². The summed E-state index contributed by atoms with van der Waals surface area (Å²) in [6, 6.07) is 0.560. The third kappa shape index (κ3) is 2.60. The summed E-state index contributed by atoms with van der Waals surface area (Å²) in [5.74, 6) is 0.0933. The first-order valence-electron chi connectivity index (χ1n) is 6.87. The second-order valence-corrected chi connectivity index (χ2v) is 6.58. The Hall–Kier alpha value is -0.450. The fraction of sp³-hybridized carbons (Fsp3) is 0.929. The molecule has 1 saturated heterocycles. The van der Waals surface area contributed by atoms with Gasteiger partial charge in [-0.1, -0.05) is 0 Å². The van der Waals surface area contributed by atoms with Gasteiger partial charge in [0, 0.05) is 19.1 Å². The molecule has 1 saturated carbocycles. The summed E-state index contributed by atoms with van der Waals surface area (Å²) >= 11 is 0. The standard InChI is InChI=1S/C14H25NO3/c1-13(2)11(12(17)14(3,4)18-13)9-15(7-8-16)10-5-6-10/h10-11,16H,5-9H2,1-4H3. The van der Waals surface area contributed by atoms with Gasteiger partial charge in [0.1, 0.15) is 5.60 Å². The van der Waals surface area contributed by atoms with Gasteiger partial charge in [-0.05, 0) is 40.5 Å². The van der Waals surface area contributed by atoms with E-state index in [4.69, 9.17) is 9.84 Å². The normalized spacial score (nSPS) is 30.1. The number of aliphatic hydroxyl groups is 1. The van der Waals surface area contributed by atoms with E-state index in [2.05, 4.69) is 4.90 Å². The minimum absolute atomic E-state index is 0.0975. The molecule has 1 unspecified atom stereocenters. The van der Waals surface area contributed by atoms with Gasteiger partial charge in [0.2, 0.25) is 0 Å². The third-order valence-electron chi connectivity index (χ3n) is 4.13. The second-order valence-electron chi connectivity index (χ2n) is 6.58. The first-order chi connectivity index (χ1) is 8.28. The van der Waals surface area contributed by atoms with Gasteiger partial charge in [-0.15, -0.1) is 0 Å². The summed E-state index contributed by atoms with van der Waals surface area (Å²) in [7, 11) is 0. The summed E-state index contributed by atoms with van der Waals surface area (Å²) in [5.41, 5.74) is -1.09. The molecule has 2 fully saturated rings. The van der Waals surface area contributed by atoms with Crippen LogP contribution in [0.25, 0.3) is 0 Å². The van der Waals surface area contributed by atoms with Crippen LogP contribution in [0.2, 0.25) is 0 Å². The van der Waals surface area contributed by atoms with E-state index >= 15 is 0 Å². The van der Waals surface area contributed by atoms with Crippen LogP contribution in [0.5, 0.6) is 0 Å². The van der Waals surface area contributed by atoms with E-state index in [0.29, 0.717) is 19.1 Å². The van der Waals surface area contributed by atoms with Gasteiger partial charge in [0.25, 0.3) is 0 Å². The molecular weight excluding hydrogens is 230 g/mol. The predicted molar refractivity (Wildman–Crippen MR) is 69.4 cm³/mol. The SMILES string of the molecule is CC1(C)OC(C)(C)C(CN(CCO)C2CC2)C1=O. The van der Waals surface area contributed by atoms with Gasteiger partial charge in [0.05, 0.1) is 18.1 Å². The van der Waals surface area contributed by atoms with Crippen molar-refractivity contribution in [1.29, 1.82) is 0 Å². The summed E-state index contributed by atoms with van der Waals surface area (Å²) < 4.78 is 5.90. The van der Waals surface area contributed by atoms with Crippen LogP contribution in [0.3, 0.4) is 0 Å². The number of rotatable bonds is 5. The Kier molecular flexibility index (Phi) is 3.56. The highest BCUT2D eigenvalue weighted by Crippen LogP contribution is 2.40. The van der Waals surface area contributed by atoms with Crippen LogP contribution in [0.1, 0.15) is 40.5 Å². The van der Waals surface area contributed by atoms with Crippen LogP contribution in [-0.4, -0.2) is 52.7 Å². The molecule has 1 heterocycles. The Bertz CT molecular complexity index is 334.